The minimum absolute atomic E-state index is 0.0486. The summed E-state index contributed by atoms with van der Waals surface area (Å²) in [7, 11) is 0. The van der Waals surface area contributed by atoms with Crippen LogP contribution in [0.2, 0.25) is 0 Å². The molecule has 2 N–H and O–H groups in total. The van der Waals surface area contributed by atoms with Gasteiger partial charge in [0.05, 0.1) is 21.1 Å². The summed E-state index contributed by atoms with van der Waals surface area (Å²) in [6.07, 6.45) is 1.58. The summed E-state index contributed by atoms with van der Waals surface area (Å²) in [5.74, 6) is -0.903. The monoisotopic (exact) mass is 330 g/mol. The zero-order chi connectivity index (χ0) is 13.3. The first-order chi connectivity index (χ1) is 8.52. The van der Waals surface area contributed by atoms with Crippen LogP contribution >= 0.6 is 28.1 Å². The van der Waals surface area contributed by atoms with Gasteiger partial charge in [-0.15, -0.1) is 0 Å². The highest BCUT2D eigenvalue weighted by molar-refractivity contribution is 9.10. The molecule has 0 aliphatic carbocycles. The number of benzene rings is 1. The van der Waals surface area contributed by atoms with Crippen LogP contribution in [0.3, 0.4) is 0 Å². The van der Waals surface area contributed by atoms with Gasteiger partial charge in [0, 0.05) is 6.54 Å². The molecule has 1 unspecified atom stereocenters. The lowest BCUT2D eigenvalue weighted by Crippen LogP contribution is -2.43. The highest BCUT2D eigenvalue weighted by atomic mass is 79.9. The highest BCUT2D eigenvalue weighted by Crippen LogP contribution is 2.24. The molecule has 0 bridgehead atoms. The van der Waals surface area contributed by atoms with E-state index in [-0.39, 0.29) is 27.0 Å². The van der Waals surface area contributed by atoms with Crippen molar-refractivity contribution in [2.45, 2.75) is 18.9 Å². The molecule has 0 saturated carbocycles. The summed E-state index contributed by atoms with van der Waals surface area (Å²) in [5.41, 5.74) is 5.66. The molecule has 1 aliphatic rings. The Bertz CT molecular complexity index is 509. The molecule has 0 spiro atoms. The molecule has 6 heteroatoms. The van der Waals surface area contributed by atoms with Gasteiger partial charge in [-0.05, 0) is 40.9 Å². The number of likely N-dealkylation sites (tertiary alicyclic amines) is 1. The van der Waals surface area contributed by atoms with Crippen LogP contribution in [0.15, 0.2) is 22.7 Å². The molecule has 1 amide bonds. The van der Waals surface area contributed by atoms with Crippen LogP contribution < -0.4 is 5.73 Å². The Balaban J connectivity index is 2.31. The largest absolute Gasteiger partial charge is 0.392 e. The molecule has 1 saturated heterocycles. The van der Waals surface area contributed by atoms with Crippen molar-refractivity contribution in [2.24, 2.45) is 5.73 Å². The fourth-order valence-electron chi connectivity index (χ4n) is 2.13. The van der Waals surface area contributed by atoms with Crippen molar-refractivity contribution in [1.82, 2.24) is 4.90 Å². The first kappa shape index (κ1) is 13.4. The van der Waals surface area contributed by atoms with Crippen LogP contribution in [-0.2, 0) is 0 Å². The van der Waals surface area contributed by atoms with Gasteiger partial charge in [0.15, 0.2) is 0 Å². The number of halogens is 2. The molecule has 1 aliphatic heterocycles. The summed E-state index contributed by atoms with van der Waals surface area (Å²) in [5, 5.41) is 0. The third-order valence-corrected chi connectivity index (χ3v) is 3.91. The van der Waals surface area contributed by atoms with E-state index in [1.54, 1.807) is 17.0 Å². The SMILES string of the molecule is NC(=S)C1CCCN1C(=O)c1cccc(Br)c1F. The fraction of sp³-hybridized carbons (Fsp3) is 0.333. The number of carbonyl (C=O) groups excluding carboxylic acids is 1. The molecule has 96 valence electrons. The van der Waals surface area contributed by atoms with E-state index >= 15 is 0 Å². The molecule has 2 rings (SSSR count). The van der Waals surface area contributed by atoms with Crippen molar-refractivity contribution in [3.05, 3.63) is 34.1 Å². The number of hydrogen-bond donors (Lipinski definition) is 1. The van der Waals surface area contributed by atoms with Crippen molar-refractivity contribution in [3.8, 4) is 0 Å². The van der Waals surface area contributed by atoms with Gasteiger partial charge >= 0.3 is 0 Å². The first-order valence-corrected chi connectivity index (χ1v) is 6.77. The second-order valence-corrected chi connectivity index (χ2v) is 5.49. The smallest absolute Gasteiger partial charge is 0.257 e. The van der Waals surface area contributed by atoms with E-state index in [2.05, 4.69) is 15.9 Å². The zero-order valence-electron chi connectivity index (χ0n) is 9.53. The number of amides is 1. The minimum atomic E-state index is -0.545. The summed E-state index contributed by atoms with van der Waals surface area (Å²) >= 11 is 8.01. The number of nitrogens with zero attached hydrogens (tertiary/aromatic N) is 1. The molecule has 1 aromatic rings. The Kier molecular flexibility index (Phi) is 3.97. The highest BCUT2D eigenvalue weighted by Gasteiger charge is 2.32. The van der Waals surface area contributed by atoms with Crippen molar-refractivity contribution >= 4 is 39.0 Å². The van der Waals surface area contributed by atoms with E-state index in [0.29, 0.717) is 6.54 Å². The third kappa shape index (κ3) is 2.40. The summed E-state index contributed by atoms with van der Waals surface area (Å²) in [6.45, 7) is 0.562. The maximum absolute atomic E-state index is 13.9. The minimum Gasteiger partial charge on any atom is -0.392 e. The van der Waals surface area contributed by atoms with Crippen LogP contribution in [0, 0.1) is 5.82 Å². The molecule has 1 fully saturated rings. The second-order valence-electron chi connectivity index (χ2n) is 4.16. The van der Waals surface area contributed by atoms with Gasteiger partial charge in [-0.2, -0.15) is 0 Å². The van der Waals surface area contributed by atoms with Crippen LogP contribution in [0.1, 0.15) is 23.2 Å². The van der Waals surface area contributed by atoms with E-state index in [1.165, 1.54) is 6.07 Å². The van der Waals surface area contributed by atoms with Gasteiger partial charge < -0.3 is 10.6 Å². The predicted molar refractivity (Wildman–Crippen MR) is 74.9 cm³/mol. The average Bonchev–Trinajstić information content (AvgIpc) is 2.81. The molecule has 18 heavy (non-hydrogen) atoms. The van der Waals surface area contributed by atoms with Gasteiger partial charge in [-0.25, -0.2) is 4.39 Å². The lowest BCUT2D eigenvalue weighted by molar-refractivity contribution is 0.0765. The van der Waals surface area contributed by atoms with Gasteiger partial charge in [0.2, 0.25) is 0 Å². The first-order valence-electron chi connectivity index (χ1n) is 5.56. The van der Waals surface area contributed by atoms with E-state index in [4.69, 9.17) is 18.0 Å². The molecule has 1 aromatic carbocycles. The maximum Gasteiger partial charge on any atom is 0.257 e. The van der Waals surface area contributed by atoms with Crippen molar-refractivity contribution in [2.75, 3.05) is 6.54 Å². The molecule has 1 atom stereocenters. The molecular formula is C12H12BrFN2OS. The Labute approximate surface area is 118 Å². The lowest BCUT2D eigenvalue weighted by atomic mass is 10.1. The Morgan fingerprint density at radius 2 is 2.28 bits per heavy atom. The standard InChI is InChI=1S/C12H12BrFN2OS/c13-8-4-1-3-7(10(8)14)12(17)16-6-2-5-9(16)11(15)18/h1,3-4,9H,2,5-6H2,(H2,15,18). The van der Waals surface area contributed by atoms with Crippen LogP contribution in [-0.4, -0.2) is 28.4 Å². The van der Waals surface area contributed by atoms with Gasteiger partial charge in [0.1, 0.15) is 5.82 Å². The topological polar surface area (TPSA) is 46.3 Å². The van der Waals surface area contributed by atoms with Crippen LogP contribution in [0.25, 0.3) is 0 Å². The van der Waals surface area contributed by atoms with Gasteiger partial charge in [-0.3, -0.25) is 4.79 Å². The number of nitrogens with two attached hydrogens (primary N) is 1. The predicted octanol–water partition coefficient (Wildman–Crippen LogP) is 2.48. The quantitative estimate of drug-likeness (QED) is 0.847. The van der Waals surface area contributed by atoms with E-state index < -0.39 is 5.82 Å². The lowest BCUT2D eigenvalue weighted by Gasteiger charge is -2.24. The number of carbonyl (C=O) groups is 1. The van der Waals surface area contributed by atoms with Crippen molar-refractivity contribution < 1.29 is 9.18 Å². The Morgan fingerprint density at radius 1 is 1.56 bits per heavy atom. The number of thiocarbonyl (C=S) groups is 1. The molecular weight excluding hydrogens is 319 g/mol. The maximum atomic E-state index is 13.9. The Hall–Kier alpha value is -1.01. The van der Waals surface area contributed by atoms with Crippen molar-refractivity contribution in [3.63, 3.8) is 0 Å². The zero-order valence-corrected chi connectivity index (χ0v) is 11.9. The van der Waals surface area contributed by atoms with Crippen molar-refractivity contribution in [1.29, 1.82) is 0 Å². The van der Waals surface area contributed by atoms with Gasteiger partial charge in [0.25, 0.3) is 5.91 Å². The van der Waals surface area contributed by atoms with Gasteiger partial charge in [-0.1, -0.05) is 18.3 Å². The summed E-state index contributed by atoms with van der Waals surface area (Å²) in [4.78, 5) is 14.1. The normalized spacial score (nSPS) is 19.0. The van der Waals surface area contributed by atoms with E-state index in [1.807, 2.05) is 0 Å². The fourth-order valence-corrected chi connectivity index (χ4v) is 2.74. The summed E-state index contributed by atoms with van der Waals surface area (Å²) in [6, 6.07) is 4.40. The summed E-state index contributed by atoms with van der Waals surface area (Å²) < 4.78 is 14.2. The number of hydrogen-bond acceptors (Lipinski definition) is 2. The van der Waals surface area contributed by atoms with E-state index in [9.17, 15) is 9.18 Å². The molecule has 0 aromatic heterocycles. The van der Waals surface area contributed by atoms with Crippen LogP contribution in [0.5, 0.6) is 0 Å². The van der Waals surface area contributed by atoms with Crippen LogP contribution in [0.4, 0.5) is 4.39 Å². The molecule has 3 nitrogen and oxygen atoms in total. The van der Waals surface area contributed by atoms with E-state index in [0.717, 1.165) is 12.8 Å². The molecule has 0 radical (unpaired) electrons. The molecule has 1 heterocycles. The average molecular weight is 331 g/mol. The Morgan fingerprint density at radius 3 is 2.94 bits per heavy atom. The number of rotatable bonds is 2. The third-order valence-electron chi connectivity index (χ3n) is 3.02. The second kappa shape index (κ2) is 5.32.